The molecule has 1 heterocycles. The monoisotopic (exact) mass is 317 g/mol. The van der Waals surface area contributed by atoms with Gasteiger partial charge in [0.15, 0.2) is 0 Å². The van der Waals surface area contributed by atoms with E-state index in [2.05, 4.69) is 0 Å². The number of halogens is 3. The number of sulfonamides is 1. The van der Waals surface area contributed by atoms with E-state index in [4.69, 9.17) is 5.11 Å². The third-order valence-corrected chi connectivity index (χ3v) is 5.36. The summed E-state index contributed by atoms with van der Waals surface area (Å²) in [5.74, 6) is -2.32. The summed E-state index contributed by atoms with van der Waals surface area (Å²) in [5.41, 5.74) is -3.58. The zero-order valence-corrected chi connectivity index (χ0v) is 11.4. The predicted molar refractivity (Wildman–Crippen MR) is 61.5 cm³/mol. The zero-order chi connectivity index (χ0) is 15.1. The first-order chi connectivity index (χ1) is 8.40. The van der Waals surface area contributed by atoms with Crippen molar-refractivity contribution in [3.63, 3.8) is 0 Å². The van der Waals surface area contributed by atoms with Crippen LogP contribution in [0.3, 0.4) is 0 Å². The lowest BCUT2D eigenvalue weighted by Gasteiger charge is -2.27. The first kappa shape index (κ1) is 15.9. The molecule has 1 unspecified atom stereocenters. The summed E-state index contributed by atoms with van der Waals surface area (Å²) in [4.78, 5) is 11.3. The Morgan fingerprint density at radius 1 is 1.37 bits per heavy atom. The van der Waals surface area contributed by atoms with Gasteiger partial charge in [0.1, 0.15) is 4.21 Å². The number of thiophene rings is 1. The number of rotatable bonds is 4. The highest BCUT2D eigenvalue weighted by molar-refractivity contribution is 7.91. The quantitative estimate of drug-likeness (QED) is 0.886. The fourth-order valence-corrected chi connectivity index (χ4v) is 3.73. The van der Waals surface area contributed by atoms with Crippen molar-refractivity contribution < 1.29 is 31.5 Å². The summed E-state index contributed by atoms with van der Waals surface area (Å²) < 4.78 is 62.4. The Morgan fingerprint density at radius 2 is 1.89 bits per heavy atom. The summed E-state index contributed by atoms with van der Waals surface area (Å²) in [5, 5.41) is 8.64. The molecule has 0 spiro atoms. The second kappa shape index (κ2) is 4.76. The maximum atomic E-state index is 12.7. The largest absolute Gasteiger partial charge is 0.480 e. The average molecular weight is 317 g/mol. The van der Waals surface area contributed by atoms with Gasteiger partial charge in [0, 0.05) is 4.88 Å². The van der Waals surface area contributed by atoms with Crippen LogP contribution in [0.4, 0.5) is 13.2 Å². The molecule has 2 N–H and O–H groups in total. The van der Waals surface area contributed by atoms with E-state index in [0.29, 0.717) is 4.88 Å². The lowest BCUT2D eigenvalue weighted by Crippen LogP contribution is -2.61. The highest BCUT2D eigenvalue weighted by atomic mass is 32.2. The zero-order valence-electron chi connectivity index (χ0n) is 9.78. The van der Waals surface area contributed by atoms with Gasteiger partial charge in [0.2, 0.25) is 5.54 Å². The Hall–Kier alpha value is -1.13. The van der Waals surface area contributed by atoms with Crippen LogP contribution in [0.5, 0.6) is 0 Å². The summed E-state index contributed by atoms with van der Waals surface area (Å²) in [6.07, 6.45) is -5.27. The van der Waals surface area contributed by atoms with Crippen LogP contribution >= 0.6 is 11.3 Å². The number of nitrogens with one attached hydrogen (secondary N) is 1. The molecule has 0 amide bonds. The molecule has 0 aromatic carbocycles. The summed E-state index contributed by atoms with van der Waals surface area (Å²) in [7, 11) is -4.56. The van der Waals surface area contributed by atoms with E-state index in [1.807, 2.05) is 0 Å². The normalized spacial score (nSPS) is 16.1. The highest BCUT2D eigenvalue weighted by Gasteiger charge is 2.59. The summed E-state index contributed by atoms with van der Waals surface area (Å²) >= 11 is 0.747. The molecule has 0 bridgehead atoms. The van der Waals surface area contributed by atoms with E-state index in [1.165, 1.54) is 10.8 Å². The standard InChI is InChI=1S/C9H10F3NO4S2/c1-5-3-4-6(18-5)19(16,17)13-8(2,7(14)15)9(10,11)12/h3-4,13H,1-2H3,(H,14,15). The number of hydrogen-bond donors (Lipinski definition) is 2. The van der Waals surface area contributed by atoms with E-state index in [-0.39, 0.29) is 11.1 Å². The van der Waals surface area contributed by atoms with Gasteiger partial charge in [0.05, 0.1) is 0 Å². The van der Waals surface area contributed by atoms with Gasteiger partial charge in [-0.3, -0.25) is 0 Å². The third-order valence-electron chi connectivity index (χ3n) is 2.31. The summed E-state index contributed by atoms with van der Waals surface area (Å²) in [6.45, 7) is 1.83. The molecule has 0 saturated carbocycles. The van der Waals surface area contributed by atoms with Gasteiger partial charge in [-0.25, -0.2) is 13.2 Å². The molecule has 0 fully saturated rings. The Balaban J connectivity index is 3.22. The van der Waals surface area contributed by atoms with Crippen molar-refractivity contribution >= 4 is 27.3 Å². The van der Waals surface area contributed by atoms with E-state index in [1.54, 1.807) is 6.92 Å². The fourth-order valence-electron chi connectivity index (χ4n) is 1.10. The van der Waals surface area contributed by atoms with Crippen LogP contribution in [0.1, 0.15) is 11.8 Å². The lowest BCUT2D eigenvalue weighted by atomic mass is 10.0. The van der Waals surface area contributed by atoms with Crippen LogP contribution in [0.2, 0.25) is 0 Å². The van der Waals surface area contributed by atoms with Crippen LogP contribution in [0.25, 0.3) is 0 Å². The van der Waals surface area contributed by atoms with E-state index >= 15 is 0 Å². The smallest absolute Gasteiger partial charge is 0.418 e. The number of aryl methyl sites for hydroxylation is 1. The van der Waals surface area contributed by atoms with Crippen molar-refractivity contribution in [3.05, 3.63) is 17.0 Å². The SMILES string of the molecule is Cc1ccc(S(=O)(=O)NC(C)(C(=O)O)C(F)(F)F)s1. The first-order valence-electron chi connectivity index (χ1n) is 4.81. The van der Waals surface area contributed by atoms with Gasteiger partial charge in [-0.1, -0.05) is 0 Å². The van der Waals surface area contributed by atoms with E-state index in [9.17, 15) is 26.4 Å². The van der Waals surface area contributed by atoms with Crippen LogP contribution in [0.15, 0.2) is 16.3 Å². The molecule has 0 saturated heterocycles. The molecule has 0 radical (unpaired) electrons. The molecule has 108 valence electrons. The molecule has 1 rings (SSSR count). The fraction of sp³-hybridized carbons (Fsp3) is 0.444. The van der Waals surface area contributed by atoms with E-state index in [0.717, 1.165) is 17.4 Å². The molecular weight excluding hydrogens is 307 g/mol. The third kappa shape index (κ3) is 3.07. The molecule has 19 heavy (non-hydrogen) atoms. The maximum Gasteiger partial charge on any atom is 0.418 e. The second-order valence-electron chi connectivity index (χ2n) is 3.90. The number of hydrogen-bond acceptors (Lipinski definition) is 4. The Kier molecular flexibility index (Phi) is 3.99. The molecule has 5 nitrogen and oxygen atoms in total. The van der Waals surface area contributed by atoms with Crippen molar-refractivity contribution in [1.29, 1.82) is 0 Å². The number of carboxylic acids is 1. The lowest BCUT2D eigenvalue weighted by molar-refractivity contribution is -0.201. The maximum absolute atomic E-state index is 12.7. The number of carbonyl (C=O) groups is 1. The minimum atomic E-state index is -5.27. The van der Waals surface area contributed by atoms with Crippen molar-refractivity contribution in [2.24, 2.45) is 0 Å². The number of alkyl halides is 3. The molecule has 0 aliphatic carbocycles. The van der Waals surface area contributed by atoms with Crippen LogP contribution in [-0.2, 0) is 14.8 Å². The van der Waals surface area contributed by atoms with Crippen molar-refractivity contribution in [3.8, 4) is 0 Å². The molecular formula is C9H10F3NO4S2. The van der Waals surface area contributed by atoms with Gasteiger partial charge < -0.3 is 5.11 Å². The molecule has 0 aliphatic heterocycles. The predicted octanol–water partition coefficient (Wildman–Crippen LogP) is 1.74. The molecule has 0 aliphatic rings. The van der Waals surface area contributed by atoms with E-state index < -0.39 is 27.7 Å². The number of aliphatic carboxylic acids is 1. The Bertz CT molecular complexity index is 593. The van der Waals surface area contributed by atoms with Crippen LogP contribution < -0.4 is 4.72 Å². The second-order valence-corrected chi connectivity index (χ2v) is 7.10. The molecule has 1 atom stereocenters. The molecule has 10 heteroatoms. The Morgan fingerprint density at radius 3 is 2.21 bits per heavy atom. The molecule has 1 aromatic rings. The van der Waals surface area contributed by atoms with Crippen molar-refractivity contribution in [1.82, 2.24) is 4.72 Å². The van der Waals surface area contributed by atoms with Gasteiger partial charge in [-0.2, -0.15) is 17.9 Å². The minimum absolute atomic E-state index is 0.257. The van der Waals surface area contributed by atoms with Crippen molar-refractivity contribution in [2.45, 2.75) is 29.8 Å². The minimum Gasteiger partial charge on any atom is -0.480 e. The van der Waals surface area contributed by atoms with Gasteiger partial charge in [-0.15, -0.1) is 11.3 Å². The number of carboxylic acid groups (broad SMARTS) is 1. The topological polar surface area (TPSA) is 83.5 Å². The average Bonchev–Trinajstić information content (AvgIpc) is 2.62. The Labute approximate surface area is 111 Å². The van der Waals surface area contributed by atoms with Gasteiger partial charge in [0.25, 0.3) is 10.0 Å². The van der Waals surface area contributed by atoms with Gasteiger partial charge >= 0.3 is 12.1 Å². The highest BCUT2D eigenvalue weighted by Crippen LogP contribution is 2.32. The van der Waals surface area contributed by atoms with Crippen LogP contribution in [-0.4, -0.2) is 31.2 Å². The van der Waals surface area contributed by atoms with Crippen molar-refractivity contribution in [2.75, 3.05) is 0 Å². The summed E-state index contributed by atoms with van der Waals surface area (Å²) in [6, 6.07) is 2.52. The van der Waals surface area contributed by atoms with Gasteiger partial charge in [-0.05, 0) is 26.0 Å². The molecule has 1 aromatic heterocycles. The van der Waals surface area contributed by atoms with Crippen LogP contribution in [0, 0.1) is 6.92 Å². The first-order valence-corrected chi connectivity index (χ1v) is 7.10.